The number of rotatable bonds is 24. The van der Waals surface area contributed by atoms with Gasteiger partial charge in [0.05, 0.1) is 0 Å². The Balaban J connectivity index is 3.30. The first kappa shape index (κ1) is 31.4. The predicted octanol–water partition coefficient (Wildman–Crippen LogP) is 6.69. The highest BCUT2D eigenvalue weighted by Crippen LogP contribution is 2.15. The van der Waals surface area contributed by atoms with Crippen LogP contribution in [-0.4, -0.2) is 28.1 Å². The van der Waals surface area contributed by atoms with E-state index in [1.807, 2.05) is 6.92 Å². The fraction of sp³-hybridized carbons (Fsp3) is 0.963. The van der Waals surface area contributed by atoms with Crippen molar-refractivity contribution in [2.24, 2.45) is 5.73 Å². The molecule has 0 heterocycles. The Bertz CT molecular complexity index is 416. The van der Waals surface area contributed by atoms with Gasteiger partial charge in [0.15, 0.2) is 5.79 Å². The molecule has 0 aromatic rings. The summed E-state index contributed by atoms with van der Waals surface area (Å²) in [6.07, 6.45) is 25.2. The van der Waals surface area contributed by atoms with Gasteiger partial charge in [-0.1, -0.05) is 136 Å². The smallest absolute Gasteiger partial charge is 0.221 e. The van der Waals surface area contributed by atoms with Crippen molar-refractivity contribution in [3.8, 4) is 0 Å². The van der Waals surface area contributed by atoms with Gasteiger partial charge in [-0.05, 0) is 6.42 Å². The number of carbonyl (C=O) groups is 1. The molecule has 0 saturated heterocycles. The number of unbranched alkanes of at least 4 members (excludes halogenated alkanes) is 18. The topological polar surface area (TPSA) is 95.6 Å². The van der Waals surface area contributed by atoms with Gasteiger partial charge in [0.25, 0.3) is 0 Å². The molecule has 0 radical (unpaired) electrons. The average molecular weight is 457 g/mol. The van der Waals surface area contributed by atoms with Crippen LogP contribution >= 0.6 is 0 Å². The number of hydrogen-bond acceptors (Lipinski definition) is 4. The van der Waals surface area contributed by atoms with Crippen molar-refractivity contribution in [3.05, 3.63) is 0 Å². The second-order valence-corrected chi connectivity index (χ2v) is 9.79. The number of nitrogens with one attached hydrogen (secondary N) is 1. The Labute approximate surface area is 199 Å². The van der Waals surface area contributed by atoms with Gasteiger partial charge in [-0.3, -0.25) is 4.79 Å². The lowest BCUT2D eigenvalue weighted by molar-refractivity contribution is -0.188. The van der Waals surface area contributed by atoms with E-state index in [0.29, 0.717) is 12.8 Å². The lowest BCUT2D eigenvalue weighted by atomic mass is 10.0. The fourth-order valence-electron chi connectivity index (χ4n) is 4.25. The second-order valence-electron chi connectivity index (χ2n) is 9.79. The van der Waals surface area contributed by atoms with E-state index in [1.54, 1.807) is 0 Å². The number of carbonyl (C=O) groups excluding carboxylic acids is 1. The van der Waals surface area contributed by atoms with E-state index in [0.717, 1.165) is 19.3 Å². The van der Waals surface area contributed by atoms with Gasteiger partial charge >= 0.3 is 0 Å². The first-order chi connectivity index (χ1) is 15.4. The minimum absolute atomic E-state index is 0.147. The molecular weight excluding hydrogens is 400 g/mol. The maximum absolute atomic E-state index is 11.9. The van der Waals surface area contributed by atoms with Gasteiger partial charge in [-0.15, -0.1) is 0 Å². The molecule has 5 N–H and O–H groups in total. The van der Waals surface area contributed by atoms with Crippen molar-refractivity contribution >= 4 is 5.91 Å². The zero-order chi connectivity index (χ0) is 23.9. The number of hydrogen-bond donors (Lipinski definition) is 4. The summed E-state index contributed by atoms with van der Waals surface area (Å²) in [5.41, 5.74) is 5.68. The summed E-state index contributed by atoms with van der Waals surface area (Å²) >= 11 is 0. The van der Waals surface area contributed by atoms with Crippen LogP contribution in [0.1, 0.15) is 155 Å². The van der Waals surface area contributed by atoms with E-state index in [4.69, 9.17) is 5.73 Å². The van der Waals surface area contributed by atoms with Crippen LogP contribution in [0.5, 0.6) is 0 Å². The molecule has 0 aliphatic carbocycles. The number of nitrogens with two attached hydrogens (primary N) is 1. The van der Waals surface area contributed by atoms with Crippen LogP contribution in [0, 0.1) is 0 Å². The van der Waals surface area contributed by atoms with E-state index < -0.39 is 12.0 Å². The van der Waals surface area contributed by atoms with Gasteiger partial charge in [0, 0.05) is 12.8 Å². The van der Waals surface area contributed by atoms with Crippen molar-refractivity contribution in [2.75, 3.05) is 0 Å². The summed E-state index contributed by atoms with van der Waals surface area (Å²) in [5, 5.41) is 22.1. The Morgan fingerprint density at radius 3 is 1.34 bits per heavy atom. The third kappa shape index (κ3) is 20.0. The number of amides is 1. The first-order valence-corrected chi connectivity index (χ1v) is 13.9. The van der Waals surface area contributed by atoms with E-state index in [9.17, 15) is 15.0 Å². The van der Waals surface area contributed by atoms with Crippen molar-refractivity contribution in [1.82, 2.24) is 5.32 Å². The van der Waals surface area contributed by atoms with Crippen LogP contribution in [0.25, 0.3) is 0 Å². The minimum Gasteiger partial charge on any atom is -0.363 e. The average Bonchev–Trinajstić information content (AvgIpc) is 2.75. The Hall–Kier alpha value is -0.650. The zero-order valence-electron chi connectivity index (χ0n) is 21.5. The van der Waals surface area contributed by atoms with Crippen molar-refractivity contribution in [3.63, 3.8) is 0 Å². The summed E-state index contributed by atoms with van der Waals surface area (Å²) in [6, 6.07) is 0. The largest absolute Gasteiger partial charge is 0.363 e. The Morgan fingerprint density at radius 2 is 1.00 bits per heavy atom. The van der Waals surface area contributed by atoms with Gasteiger partial charge in [0.2, 0.25) is 5.91 Å². The first-order valence-electron chi connectivity index (χ1n) is 13.9. The van der Waals surface area contributed by atoms with Crippen LogP contribution in [0.15, 0.2) is 0 Å². The Morgan fingerprint density at radius 1 is 0.656 bits per heavy atom. The normalized spacial score (nSPS) is 12.8. The van der Waals surface area contributed by atoms with E-state index in [1.165, 1.54) is 103 Å². The quantitative estimate of drug-likeness (QED) is 0.0960. The third-order valence-electron chi connectivity index (χ3n) is 6.44. The molecule has 1 unspecified atom stereocenters. The Kier molecular flexibility index (Phi) is 21.7. The molecule has 0 fully saturated rings. The standard InChI is InChI=1S/C27H56N2O3/c1-3-5-6-7-8-9-10-11-12-13-14-15-16-17-18-19-20-21-22-23-25(30)29-26(28)27(31,32)24-4-2/h26,31-32H,3-24,28H2,1-2H3,(H,29,30). The maximum Gasteiger partial charge on any atom is 0.221 e. The summed E-state index contributed by atoms with van der Waals surface area (Å²) in [4.78, 5) is 11.9. The van der Waals surface area contributed by atoms with Crippen LogP contribution < -0.4 is 11.1 Å². The maximum atomic E-state index is 11.9. The molecule has 0 saturated carbocycles. The molecule has 192 valence electrons. The van der Waals surface area contributed by atoms with Crippen LogP contribution in [0.4, 0.5) is 0 Å². The highest BCUT2D eigenvalue weighted by atomic mass is 16.5. The molecule has 1 atom stereocenters. The molecule has 32 heavy (non-hydrogen) atoms. The van der Waals surface area contributed by atoms with Crippen molar-refractivity contribution in [2.45, 2.75) is 167 Å². The van der Waals surface area contributed by atoms with E-state index >= 15 is 0 Å². The molecule has 0 rings (SSSR count). The van der Waals surface area contributed by atoms with Gasteiger partial charge in [-0.25, -0.2) is 0 Å². The monoisotopic (exact) mass is 456 g/mol. The third-order valence-corrected chi connectivity index (χ3v) is 6.44. The number of aliphatic hydroxyl groups is 2. The minimum atomic E-state index is -2.03. The summed E-state index contributed by atoms with van der Waals surface area (Å²) in [5.74, 6) is -2.23. The zero-order valence-corrected chi connectivity index (χ0v) is 21.5. The molecule has 0 aliphatic rings. The molecule has 0 bridgehead atoms. The molecule has 0 spiro atoms. The highest BCUT2D eigenvalue weighted by molar-refractivity contribution is 5.76. The van der Waals surface area contributed by atoms with Crippen LogP contribution in [0.3, 0.4) is 0 Å². The molecule has 0 aromatic carbocycles. The SMILES string of the molecule is CCCCCCCCCCCCCCCCCCCCCC(=O)NC(N)C(O)(O)CCC. The fourth-order valence-corrected chi connectivity index (χ4v) is 4.25. The molecule has 5 nitrogen and oxygen atoms in total. The summed E-state index contributed by atoms with van der Waals surface area (Å²) in [6.45, 7) is 4.12. The molecule has 0 aromatic heterocycles. The van der Waals surface area contributed by atoms with Crippen molar-refractivity contribution in [1.29, 1.82) is 0 Å². The van der Waals surface area contributed by atoms with Crippen LogP contribution in [0.2, 0.25) is 0 Å². The molecule has 1 amide bonds. The van der Waals surface area contributed by atoms with Crippen molar-refractivity contribution < 1.29 is 15.0 Å². The van der Waals surface area contributed by atoms with Gasteiger partial charge in [-0.2, -0.15) is 0 Å². The predicted molar refractivity (Wildman–Crippen MR) is 136 cm³/mol. The molecule has 5 heteroatoms. The lowest BCUT2D eigenvalue weighted by Gasteiger charge is -2.28. The van der Waals surface area contributed by atoms with E-state index in [2.05, 4.69) is 12.2 Å². The van der Waals surface area contributed by atoms with Gasteiger partial charge in [0.1, 0.15) is 6.17 Å². The molecule has 0 aliphatic heterocycles. The second kappa shape index (κ2) is 22.2. The van der Waals surface area contributed by atoms with Crippen LogP contribution in [-0.2, 0) is 4.79 Å². The summed E-state index contributed by atoms with van der Waals surface area (Å²) < 4.78 is 0. The highest BCUT2D eigenvalue weighted by Gasteiger charge is 2.31. The lowest BCUT2D eigenvalue weighted by Crippen LogP contribution is -2.58. The van der Waals surface area contributed by atoms with Gasteiger partial charge < -0.3 is 21.3 Å². The molecular formula is C27H56N2O3. The summed E-state index contributed by atoms with van der Waals surface area (Å²) in [7, 11) is 0. The van der Waals surface area contributed by atoms with E-state index in [-0.39, 0.29) is 12.3 Å².